The maximum absolute atomic E-state index is 6.34. The van der Waals surface area contributed by atoms with Crippen molar-refractivity contribution in [3.05, 3.63) is 66.4 Å². The van der Waals surface area contributed by atoms with E-state index in [1.54, 1.807) is 0 Å². The van der Waals surface area contributed by atoms with Crippen LogP contribution < -0.4 is 9.64 Å². The zero-order valence-corrected chi connectivity index (χ0v) is 19.2. The average Bonchev–Trinajstić information content (AvgIpc) is 2.86. The van der Waals surface area contributed by atoms with Gasteiger partial charge in [-0.1, -0.05) is 37.6 Å². The number of anilines is 1. The molecule has 3 aromatic rings. The summed E-state index contributed by atoms with van der Waals surface area (Å²) in [4.78, 5) is 9.42. The Morgan fingerprint density at radius 2 is 1.66 bits per heavy atom. The predicted molar refractivity (Wildman–Crippen MR) is 132 cm³/mol. The van der Waals surface area contributed by atoms with E-state index < -0.39 is 0 Å². The maximum Gasteiger partial charge on any atom is 0.128 e. The van der Waals surface area contributed by atoms with Crippen LogP contribution in [-0.4, -0.2) is 42.2 Å². The topological polar surface area (TPSA) is 28.6 Å². The molecule has 0 radical (unpaired) electrons. The van der Waals surface area contributed by atoms with Crippen LogP contribution in [0.4, 0.5) is 5.82 Å². The molecular formula is C28H35N3O. The highest BCUT2D eigenvalue weighted by Gasteiger charge is 2.21. The molecule has 1 aromatic heterocycles. The molecule has 4 heteroatoms. The van der Waals surface area contributed by atoms with Gasteiger partial charge in [0, 0.05) is 38.9 Å². The molecule has 1 aliphatic heterocycles. The summed E-state index contributed by atoms with van der Waals surface area (Å²) in [5.74, 6) is 3.02. The molecule has 2 fully saturated rings. The van der Waals surface area contributed by atoms with E-state index in [0.717, 1.165) is 50.2 Å². The number of ether oxygens (including phenoxy) is 1. The molecule has 0 unspecified atom stereocenters. The van der Waals surface area contributed by atoms with Crippen LogP contribution in [0.15, 0.2) is 60.8 Å². The maximum atomic E-state index is 6.34. The second-order valence-electron chi connectivity index (χ2n) is 9.46. The van der Waals surface area contributed by atoms with Crippen LogP contribution in [0.2, 0.25) is 0 Å². The van der Waals surface area contributed by atoms with Gasteiger partial charge in [-0.3, -0.25) is 4.90 Å². The number of benzene rings is 2. The van der Waals surface area contributed by atoms with Crippen molar-refractivity contribution in [2.75, 3.05) is 31.1 Å². The zero-order chi connectivity index (χ0) is 21.8. The SMILES string of the molecule is CC[C@H]1CC[C@@H](Oc2ccc3cc(CN4CCN(c5ccccn5)CC4)ccc3c2)CC1. The van der Waals surface area contributed by atoms with E-state index in [1.807, 2.05) is 12.3 Å². The quantitative estimate of drug-likeness (QED) is 0.487. The average molecular weight is 430 g/mol. The molecule has 4 nitrogen and oxygen atoms in total. The number of nitrogens with zero attached hydrogens (tertiary/aromatic N) is 3. The fraction of sp³-hybridized carbons (Fsp3) is 0.464. The minimum absolute atomic E-state index is 0.388. The molecule has 5 rings (SSSR count). The number of pyridine rings is 1. The molecule has 0 N–H and O–H groups in total. The van der Waals surface area contributed by atoms with Gasteiger partial charge in [-0.25, -0.2) is 4.98 Å². The van der Waals surface area contributed by atoms with Crippen LogP contribution >= 0.6 is 0 Å². The number of rotatable bonds is 6. The molecule has 1 saturated heterocycles. The highest BCUT2D eigenvalue weighted by Crippen LogP contribution is 2.30. The van der Waals surface area contributed by atoms with Gasteiger partial charge in [-0.15, -0.1) is 0 Å². The van der Waals surface area contributed by atoms with E-state index in [1.165, 1.54) is 48.4 Å². The Morgan fingerprint density at radius 1 is 0.875 bits per heavy atom. The second-order valence-corrected chi connectivity index (χ2v) is 9.46. The van der Waals surface area contributed by atoms with Crippen LogP contribution in [-0.2, 0) is 6.54 Å². The minimum Gasteiger partial charge on any atom is -0.490 e. The Bertz CT molecular complexity index is 1010. The molecular weight excluding hydrogens is 394 g/mol. The number of hydrogen-bond donors (Lipinski definition) is 0. The summed E-state index contributed by atoms with van der Waals surface area (Å²) in [5.41, 5.74) is 1.38. The molecule has 0 atom stereocenters. The molecule has 0 bridgehead atoms. The lowest BCUT2D eigenvalue weighted by atomic mass is 9.86. The van der Waals surface area contributed by atoms with Crippen molar-refractivity contribution in [3.8, 4) is 5.75 Å². The third-order valence-corrected chi connectivity index (χ3v) is 7.30. The summed E-state index contributed by atoms with van der Waals surface area (Å²) in [6.07, 6.45) is 8.60. The first-order valence-electron chi connectivity index (χ1n) is 12.3. The highest BCUT2D eigenvalue weighted by atomic mass is 16.5. The van der Waals surface area contributed by atoms with E-state index in [4.69, 9.17) is 4.74 Å². The Labute approximate surface area is 192 Å². The lowest BCUT2D eigenvalue weighted by molar-refractivity contribution is 0.130. The Hall–Kier alpha value is -2.59. The molecule has 168 valence electrons. The Balaban J connectivity index is 1.17. The van der Waals surface area contributed by atoms with Crippen LogP contribution in [0.5, 0.6) is 5.75 Å². The first-order valence-corrected chi connectivity index (χ1v) is 12.3. The smallest absolute Gasteiger partial charge is 0.128 e. The summed E-state index contributed by atoms with van der Waals surface area (Å²) >= 11 is 0. The number of fused-ring (bicyclic) bond motifs is 1. The number of piperazine rings is 1. The van der Waals surface area contributed by atoms with E-state index in [9.17, 15) is 0 Å². The molecule has 0 amide bonds. The van der Waals surface area contributed by atoms with Gasteiger partial charge in [0.05, 0.1) is 6.10 Å². The molecule has 2 aliphatic rings. The molecule has 2 aromatic carbocycles. The van der Waals surface area contributed by atoms with Crippen LogP contribution in [0.1, 0.15) is 44.6 Å². The third kappa shape index (κ3) is 5.07. The van der Waals surface area contributed by atoms with Gasteiger partial charge < -0.3 is 9.64 Å². The van der Waals surface area contributed by atoms with Crippen LogP contribution in [0.25, 0.3) is 10.8 Å². The van der Waals surface area contributed by atoms with Crippen molar-refractivity contribution < 1.29 is 4.74 Å². The van der Waals surface area contributed by atoms with E-state index in [2.05, 4.69) is 70.2 Å². The second kappa shape index (κ2) is 9.91. The molecule has 1 saturated carbocycles. The van der Waals surface area contributed by atoms with Gasteiger partial charge in [0.25, 0.3) is 0 Å². The van der Waals surface area contributed by atoms with Gasteiger partial charge in [-0.2, -0.15) is 0 Å². The van der Waals surface area contributed by atoms with Gasteiger partial charge in [0.2, 0.25) is 0 Å². The minimum atomic E-state index is 0.388. The highest BCUT2D eigenvalue weighted by molar-refractivity contribution is 5.84. The summed E-state index contributed by atoms with van der Waals surface area (Å²) < 4.78 is 6.34. The summed E-state index contributed by atoms with van der Waals surface area (Å²) in [6.45, 7) is 7.52. The van der Waals surface area contributed by atoms with E-state index >= 15 is 0 Å². The lowest BCUT2D eigenvalue weighted by Crippen LogP contribution is -2.46. The van der Waals surface area contributed by atoms with Crippen molar-refractivity contribution in [1.82, 2.24) is 9.88 Å². The van der Waals surface area contributed by atoms with Crippen molar-refractivity contribution in [1.29, 1.82) is 0 Å². The number of hydrogen-bond acceptors (Lipinski definition) is 4. The van der Waals surface area contributed by atoms with E-state index in [-0.39, 0.29) is 0 Å². The zero-order valence-electron chi connectivity index (χ0n) is 19.2. The molecule has 0 spiro atoms. The van der Waals surface area contributed by atoms with Crippen molar-refractivity contribution in [2.45, 2.75) is 51.7 Å². The fourth-order valence-corrected chi connectivity index (χ4v) is 5.23. The van der Waals surface area contributed by atoms with Gasteiger partial charge >= 0.3 is 0 Å². The van der Waals surface area contributed by atoms with Crippen molar-refractivity contribution in [3.63, 3.8) is 0 Å². The molecule has 32 heavy (non-hydrogen) atoms. The largest absolute Gasteiger partial charge is 0.490 e. The Kier molecular flexibility index (Phi) is 6.59. The van der Waals surface area contributed by atoms with Gasteiger partial charge in [-0.05, 0) is 78.3 Å². The first kappa shape index (κ1) is 21.3. The summed E-state index contributed by atoms with van der Waals surface area (Å²) in [5, 5.41) is 2.57. The van der Waals surface area contributed by atoms with Crippen molar-refractivity contribution >= 4 is 16.6 Å². The first-order chi connectivity index (χ1) is 15.8. The molecule has 1 aliphatic carbocycles. The third-order valence-electron chi connectivity index (χ3n) is 7.30. The Morgan fingerprint density at radius 3 is 2.41 bits per heavy atom. The van der Waals surface area contributed by atoms with E-state index in [0.29, 0.717) is 6.10 Å². The summed E-state index contributed by atoms with van der Waals surface area (Å²) in [7, 11) is 0. The monoisotopic (exact) mass is 429 g/mol. The lowest BCUT2D eigenvalue weighted by Gasteiger charge is -2.35. The van der Waals surface area contributed by atoms with Crippen molar-refractivity contribution in [2.24, 2.45) is 5.92 Å². The fourth-order valence-electron chi connectivity index (χ4n) is 5.23. The predicted octanol–water partition coefficient (Wildman–Crippen LogP) is 5.90. The van der Waals surface area contributed by atoms with Crippen LogP contribution in [0, 0.1) is 5.92 Å². The van der Waals surface area contributed by atoms with Gasteiger partial charge in [0.1, 0.15) is 11.6 Å². The normalized spacial score (nSPS) is 22.2. The molecule has 2 heterocycles. The van der Waals surface area contributed by atoms with Crippen LogP contribution in [0.3, 0.4) is 0 Å². The van der Waals surface area contributed by atoms with Gasteiger partial charge in [0.15, 0.2) is 0 Å². The standard InChI is InChI=1S/C28H35N3O/c1-2-22-7-11-26(12-8-22)32-27-13-10-24-19-23(6-9-25(24)20-27)21-30-15-17-31(18-16-30)28-5-3-4-14-29-28/h3-6,9-10,13-14,19-20,22,26H,2,7-8,11-12,15-18,21H2,1H3/t22-,26+. The summed E-state index contributed by atoms with van der Waals surface area (Å²) in [6, 6.07) is 19.6. The number of aromatic nitrogens is 1.